The lowest BCUT2D eigenvalue weighted by Crippen LogP contribution is -2.29. The Labute approximate surface area is 186 Å². The van der Waals surface area contributed by atoms with Gasteiger partial charge in [-0.15, -0.1) is 0 Å². The van der Waals surface area contributed by atoms with Crippen LogP contribution < -0.4 is 14.8 Å². The number of hydrogen-bond donors (Lipinski definition) is 1. The Morgan fingerprint density at radius 2 is 1.83 bits per heavy atom. The number of carbonyl (C=O) groups is 1. The molecular formula is C22H24Cl2N2O4. The summed E-state index contributed by atoms with van der Waals surface area (Å²) in [6, 6.07) is 10.7. The molecule has 0 radical (unpaired) electrons. The topological polar surface area (TPSA) is 69.2 Å². The number of amides is 1. The molecule has 0 aromatic heterocycles. The average Bonchev–Trinajstić information content (AvgIpc) is 3.26. The van der Waals surface area contributed by atoms with Gasteiger partial charge in [-0.1, -0.05) is 52.6 Å². The Bertz CT molecular complexity index is 904. The highest BCUT2D eigenvalue weighted by atomic mass is 35.5. The standard InChI is InChI=1S/C22H24Cl2N2O4/c1-25-22(27)20(26-28-2)17-10-6-3-7-14(17)13-29-16-11-18(23)21(19(24)12-16)30-15-8-4-5-9-15/h3,6-7,10-12,15H,4-5,8-9,13H2,1-2H3,(H,25,27)/b26-20+. The fourth-order valence-electron chi connectivity index (χ4n) is 3.37. The molecule has 1 N–H and O–H groups in total. The van der Waals surface area contributed by atoms with Gasteiger partial charge in [0.15, 0.2) is 11.5 Å². The van der Waals surface area contributed by atoms with Crippen LogP contribution in [0.3, 0.4) is 0 Å². The molecule has 0 heterocycles. The number of nitrogens with zero attached hydrogens (tertiary/aromatic N) is 1. The van der Waals surface area contributed by atoms with E-state index in [9.17, 15) is 4.79 Å². The van der Waals surface area contributed by atoms with Crippen LogP contribution in [-0.2, 0) is 16.2 Å². The van der Waals surface area contributed by atoms with Crippen LogP contribution in [-0.4, -0.2) is 31.9 Å². The number of carbonyl (C=O) groups excluding carboxylic acids is 1. The lowest BCUT2D eigenvalue weighted by Gasteiger charge is -2.17. The highest BCUT2D eigenvalue weighted by molar-refractivity contribution is 6.45. The van der Waals surface area contributed by atoms with Crippen molar-refractivity contribution in [1.82, 2.24) is 5.32 Å². The van der Waals surface area contributed by atoms with Crippen LogP contribution in [0.1, 0.15) is 36.8 Å². The fourth-order valence-corrected chi connectivity index (χ4v) is 3.92. The molecule has 1 fully saturated rings. The summed E-state index contributed by atoms with van der Waals surface area (Å²) in [5.74, 6) is 0.639. The monoisotopic (exact) mass is 450 g/mol. The van der Waals surface area contributed by atoms with Gasteiger partial charge < -0.3 is 19.6 Å². The third-order valence-corrected chi connectivity index (χ3v) is 5.41. The van der Waals surface area contributed by atoms with Crippen molar-refractivity contribution in [3.63, 3.8) is 0 Å². The molecular weight excluding hydrogens is 427 g/mol. The van der Waals surface area contributed by atoms with Gasteiger partial charge in [0.05, 0.1) is 16.1 Å². The van der Waals surface area contributed by atoms with E-state index in [1.807, 2.05) is 18.2 Å². The van der Waals surface area contributed by atoms with E-state index in [0.29, 0.717) is 27.1 Å². The van der Waals surface area contributed by atoms with Crippen molar-refractivity contribution < 1.29 is 19.1 Å². The molecule has 2 aromatic carbocycles. The predicted molar refractivity (Wildman–Crippen MR) is 118 cm³/mol. The number of ether oxygens (including phenoxy) is 2. The van der Waals surface area contributed by atoms with Crippen molar-refractivity contribution in [3.05, 3.63) is 57.6 Å². The minimum absolute atomic E-state index is 0.154. The lowest BCUT2D eigenvalue weighted by atomic mass is 10.0. The van der Waals surface area contributed by atoms with Crippen LogP contribution in [0.2, 0.25) is 10.0 Å². The van der Waals surface area contributed by atoms with E-state index in [-0.39, 0.29) is 24.3 Å². The minimum atomic E-state index is -0.358. The van der Waals surface area contributed by atoms with Gasteiger partial charge in [-0.2, -0.15) is 0 Å². The zero-order valence-corrected chi connectivity index (χ0v) is 18.4. The summed E-state index contributed by atoms with van der Waals surface area (Å²) in [7, 11) is 2.92. The van der Waals surface area contributed by atoms with Gasteiger partial charge >= 0.3 is 0 Å². The summed E-state index contributed by atoms with van der Waals surface area (Å²) in [5.41, 5.74) is 1.53. The van der Waals surface area contributed by atoms with E-state index in [2.05, 4.69) is 10.5 Å². The number of rotatable bonds is 8. The molecule has 30 heavy (non-hydrogen) atoms. The highest BCUT2D eigenvalue weighted by Crippen LogP contribution is 2.39. The van der Waals surface area contributed by atoms with Crippen LogP contribution in [0.5, 0.6) is 11.5 Å². The maximum absolute atomic E-state index is 12.2. The van der Waals surface area contributed by atoms with E-state index < -0.39 is 0 Å². The Kier molecular flexibility index (Phi) is 7.82. The van der Waals surface area contributed by atoms with Gasteiger partial charge in [-0.25, -0.2) is 0 Å². The Morgan fingerprint density at radius 1 is 1.17 bits per heavy atom. The number of benzene rings is 2. The molecule has 1 aliphatic rings. The first-order valence-electron chi connectivity index (χ1n) is 9.73. The largest absolute Gasteiger partial charge is 0.489 e. The van der Waals surface area contributed by atoms with Crippen LogP contribution in [0.15, 0.2) is 41.6 Å². The maximum Gasteiger partial charge on any atom is 0.273 e. The summed E-state index contributed by atoms with van der Waals surface area (Å²) in [4.78, 5) is 17.0. The molecule has 0 saturated heterocycles. The molecule has 6 nitrogen and oxygen atoms in total. The molecule has 0 atom stereocenters. The first kappa shape index (κ1) is 22.2. The summed E-state index contributed by atoms with van der Waals surface area (Å²) in [6.45, 7) is 0.186. The van der Waals surface area contributed by atoms with E-state index >= 15 is 0 Å². The number of hydrogen-bond acceptors (Lipinski definition) is 5. The quantitative estimate of drug-likeness (QED) is 0.454. The third-order valence-electron chi connectivity index (χ3n) is 4.85. The maximum atomic E-state index is 12.2. The van der Waals surface area contributed by atoms with Crippen LogP contribution in [0.4, 0.5) is 0 Å². The highest BCUT2D eigenvalue weighted by Gasteiger charge is 2.21. The van der Waals surface area contributed by atoms with Gasteiger partial charge in [0.25, 0.3) is 5.91 Å². The molecule has 2 aromatic rings. The molecule has 3 rings (SSSR count). The second kappa shape index (κ2) is 10.5. The van der Waals surface area contributed by atoms with Crippen molar-refractivity contribution in [3.8, 4) is 11.5 Å². The van der Waals surface area contributed by atoms with Gasteiger partial charge in [0, 0.05) is 24.7 Å². The van der Waals surface area contributed by atoms with Crippen molar-refractivity contribution in [2.75, 3.05) is 14.2 Å². The second-order valence-electron chi connectivity index (χ2n) is 6.89. The molecule has 1 amide bonds. The molecule has 0 bridgehead atoms. The molecule has 8 heteroatoms. The average molecular weight is 451 g/mol. The number of halogens is 2. The second-order valence-corrected chi connectivity index (χ2v) is 7.70. The number of nitrogens with one attached hydrogen (secondary N) is 1. The summed E-state index contributed by atoms with van der Waals surface area (Å²) in [5, 5.41) is 7.23. The third kappa shape index (κ3) is 5.37. The van der Waals surface area contributed by atoms with Crippen LogP contribution in [0, 0.1) is 0 Å². The Hall–Kier alpha value is -2.44. The smallest absolute Gasteiger partial charge is 0.273 e. The van der Waals surface area contributed by atoms with E-state index in [0.717, 1.165) is 31.2 Å². The molecule has 1 aliphatic carbocycles. The predicted octanol–water partition coefficient (Wildman–Crippen LogP) is 4.99. The van der Waals surface area contributed by atoms with E-state index in [1.165, 1.54) is 14.2 Å². The lowest BCUT2D eigenvalue weighted by molar-refractivity contribution is -0.114. The number of likely N-dealkylation sites (N-methyl/N-ethyl adjacent to an activating group) is 1. The van der Waals surface area contributed by atoms with E-state index in [1.54, 1.807) is 18.2 Å². The SMILES string of the molecule is CNC(=O)/C(=N/OC)c1ccccc1COc1cc(Cl)c(OC2CCCC2)c(Cl)c1. The minimum Gasteiger partial charge on any atom is -0.489 e. The zero-order chi connectivity index (χ0) is 21.5. The van der Waals surface area contributed by atoms with Crippen LogP contribution in [0.25, 0.3) is 0 Å². The van der Waals surface area contributed by atoms with Crippen molar-refractivity contribution in [2.45, 2.75) is 38.4 Å². The Morgan fingerprint density at radius 3 is 2.47 bits per heavy atom. The summed E-state index contributed by atoms with van der Waals surface area (Å²) >= 11 is 12.8. The fraction of sp³-hybridized carbons (Fsp3) is 0.364. The van der Waals surface area contributed by atoms with Crippen molar-refractivity contribution in [1.29, 1.82) is 0 Å². The van der Waals surface area contributed by atoms with Gasteiger partial charge in [0.1, 0.15) is 19.5 Å². The van der Waals surface area contributed by atoms with E-state index in [4.69, 9.17) is 37.5 Å². The summed E-state index contributed by atoms with van der Waals surface area (Å²) in [6.07, 6.45) is 4.49. The van der Waals surface area contributed by atoms with Gasteiger partial charge in [-0.3, -0.25) is 4.79 Å². The van der Waals surface area contributed by atoms with Crippen molar-refractivity contribution in [2.24, 2.45) is 5.16 Å². The molecule has 160 valence electrons. The van der Waals surface area contributed by atoms with Crippen LogP contribution >= 0.6 is 23.2 Å². The van der Waals surface area contributed by atoms with Crippen molar-refractivity contribution >= 4 is 34.8 Å². The molecule has 0 aliphatic heterocycles. The molecule has 0 spiro atoms. The first-order chi connectivity index (χ1) is 14.5. The normalized spacial score (nSPS) is 14.5. The molecule has 0 unspecified atom stereocenters. The number of oxime groups is 1. The van der Waals surface area contributed by atoms with Gasteiger partial charge in [-0.05, 0) is 31.2 Å². The van der Waals surface area contributed by atoms with Gasteiger partial charge in [0.2, 0.25) is 0 Å². The molecule has 1 saturated carbocycles. The Balaban J connectivity index is 1.77. The first-order valence-corrected chi connectivity index (χ1v) is 10.5. The summed E-state index contributed by atoms with van der Waals surface area (Å²) < 4.78 is 11.9. The zero-order valence-electron chi connectivity index (χ0n) is 16.9.